The molecule has 12 heavy (non-hydrogen) atoms. The molecule has 0 fully saturated rings. The Morgan fingerprint density at radius 3 is 1.92 bits per heavy atom. The van der Waals surface area contributed by atoms with Crippen molar-refractivity contribution in [2.75, 3.05) is 14.1 Å². The number of hydrogen-bond acceptors (Lipinski definition) is 1. The first kappa shape index (κ1) is 12.0. The molecule has 1 nitrogen and oxygen atoms in total. The first-order valence-corrected chi connectivity index (χ1v) is 5.28. The Bertz CT molecular complexity index is 99.2. The van der Waals surface area contributed by atoms with E-state index in [9.17, 15) is 0 Å². The van der Waals surface area contributed by atoms with E-state index in [0.717, 1.165) is 12.0 Å². The quantitative estimate of drug-likeness (QED) is 0.593. The molecule has 0 heterocycles. The third-order valence-electron chi connectivity index (χ3n) is 2.89. The molecular formula is C11H25N. The summed E-state index contributed by atoms with van der Waals surface area (Å²) in [6.45, 7) is 6.91. The zero-order valence-electron chi connectivity index (χ0n) is 9.43. The summed E-state index contributed by atoms with van der Waals surface area (Å²) in [6, 6.07) is 0.791. The molecule has 2 atom stereocenters. The van der Waals surface area contributed by atoms with Crippen molar-refractivity contribution in [1.29, 1.82) is 0 Å². The standard InChI is InChI=1S/C11H25N/c1-6-10(3)8-9-11(7-2)12(4)5/h10-11H,6-9H2,1-5H3/t10?,11-/m1/s1. The highest BCUT2D eigenvalue weighted by Gasteiger charge is 2.09. The molecule has 0 aromatic heterocycles. The summed E-state index contributed by atoms with van der Waals surface area (Å²) in [5, 5.41) is 0. The largest absolute Gasteiger partial charge is 0.306 e. The third kappa shape index (κ3) is 4.76. The van der Waals surface area contributed by atoms with Crippen molar-refractivity contribution in [3.05, 3.63) is 0 Å². The van der Waals surface area contributed by atoms with Crippen LogP contribution in [0, 0.1) is 5.92 Å². The predicted molar refractivity (Wildman–Crippen MR) is 56.5 cm³/mol. The molecule has 74 valence electrons. The van der Waals surface area contributed by atoms with Crippen LogP contribution in [0.25, 0.3) is 0 Å². The SMILES string of the molecule is CCC(C)CC[C@@H](CC)N(C)C. The number of hydrogen-bond donors (Lipinski definition) is 0. The van der Waals surface area contributed by atoms with E-state index < -0.39 is 0 Å². The molecule has 1 unspecified atom stereocenters. The highest BCUT2D eigenvalue weighted by molar-refractivity contribution is 4.65. The number of rotatable bonds is 6. The van der Waals surface area contributed by atoms with E-state index in [-0.39, 0.29) is 0 Å². The minimum Gasteiger partial charge on any atom is -0.306 e. The van der Waals surface area contributed by atoms with Crippen molar-refractivity contribution in [1.82, 2.24) is 4.90 Å². The van der Waals surface area contributed by atoms with Crippen LogP contribution in [0.4, 0.5) is 0 Å². The van der Waals surface area contributed by atoms with Gasteiger partial charge in [-0.3, -0.25) is 0 Å². The summed E-state index contributed by atoms with van der Waals surface area (Å²) < 4.78 is 0. The first-order chi connectivity index (χ1) is 5.61. The van der Waals surface area contributed by atoms with Gasteiger partial charge in [-0.1, -0.05) is 27.2 Å². The Morgan fingerprint density at radius 2 is 1.58 bits per heavy atom. The van der Waals surface area contributed by atoms with Gasteiger partial charge in [0.25, 0.3) is 0 Å². The van der Waals surface area contributed by atoms with Crippen molar-refractivity contribution in [2.24, 2.45) is 5.92 Å². The second-order valence-electron chi connectivity index (χ2n) is 4.12. The zero-order valence-corrected chi connectivity index (χ0v) is 9.43. The lowest BCUT2D eigenvalue weighted by atomic mass is 9.98. The highest BCUT2D eigenvalue weighted by Crippen LogP contribution is 2.15. The molecule has 0 radical (unpaired) electrons. The van der Waals surface area contributed by atoms with Crippen molar-refractivity contribution in [3.8, 4) is 0 Å². The molecule has 0 amide bonds. The molecular weight excluding hydrogens is 146 g/mol. The lowest BCUT2D eigenvalue weighted by Crippen LogP contribution is -2.27. The fourth-order valence-corrected chi connectivity index (χ4v) is 1.51. The summed E-state index contributed by atoms with van der Waals surface area (Å²) in [5.41, 5.74) is 0. The molecule has 0 rings (SSSR count). The topological polar surface area (TPSA) is 3.24 Å². The van der Waals surface area contributed by atoms with Crippen LogP contribution in [0.5, 0.6) is 0 Å². The van der Waals surface area contributed by atoms with Gasteiger partial charge in [0.05, 0.1) is 0 Å². The minimum atomic E-state index is 0.791. The molecule has 0 spiro atoms. The Kier molecular flexibility index (Phi) is 6.45. The maximum absolute atomic E-state index is 2.35. The molecule has 0 bridgehead atoms. The van der Waals surface area contributed by atoms with Crippen molar-refractivity contribution < 1.29 is 0 Å². The van der Waals surface area contributed by atoms with Crippen LogP contribution in [0.15, 0.2) is 0 Å². The first-order valence-electron chi connectivity index (χ1n) is 5.28. The van der Waals surface area contributed by atoms with Gasteiger partial charge in [0.1, 0.15) is 0 Å². The van der Waals surface area contributed by atoms with Gasteiger partial charge in [0.15, 0.2) is 0 Å². The van der Waals surface area contributed by atoms with E-state index in [2.05, 4.69) is 39.8 Å². The maximum Gasteiger partial charge on any atom is 0.00866 e. The highest BCUT2D eigenvalue weighted by atomic mass is 15.1. The van der Waals surface area contributed by atoms with Crippen molar-refractivity contribution >= 4 is 0 Å². The second kappa shape index (κ2) is 6.47. The molecule has 0 aromatic rings. The summed E-state index contributed by atoms with van der Waals surface area (Å²) in [6.07, 6.45) is 5.35. The lowest BCUT2D eigenvalue weighted by Gasteiger charge is -2.23. The van der Waals surface area contributed by atoms with Gasteiger partial charge < -0.3 is 4.90 Å². The van der Waals surface area contributed by atoms with Gasteiger partial charge >= 0.3 is 0 Å². The van der Waals surface area contributed by atoms with Gasteiger partial charge in [-0.05, 0) is 39.3 Å². The maximum atomic E-state index is 2.35. The molecule has 0 aliphatic rings. The van der Waals surface area contributed by atoms with Crippen LogP contribution in [-0.2, 0) is 0 Å². The Balaban J connectivity index is 3.58. The molecule has 0 aromatic carbocycles. The number of nitrogens with zero attached hydrogens (tertiary/aromatic N) is 1. The molecule has 0 saturated carbocycles. The fraction of sp³-hybridized carbons (Fsp3) is 1.00. The van der Waals surface area contributed by atoms with E-state index in [0.29, 0.717) is 0 Å². The summed E-state index contributed by atoms with van der Waals surface area (Å²) in [7, 11) is 4.37. The summed E-state index contributed by atoms with van der Waals surface area (Å²) in [4.78, 5) is 2.35. The Hall–Kier alpha value is -0.0400. The smallest absolute Gasteiger partial charge is 0.00866 e. The molecule has 0 aliphatic heterocycles. The van der Waals surface area contributed by atoms with E-state index in [1.807, 2.05) is 0 Å². The van der Waals surface area contributed by atoms with E-state index in [1.54, 1.807) is 0 Å². The monoisotopic (exact) mass is 171 g/mol. The third-order valence-corrected chi connectivity index (χ3v) is 2.89. The fourth-order valence-electron chi connectivity index (χ4n) is 1.51. The molecule has 1 heteroatoms. The Labute approximate surface area is 78.1 Å². The van der Waals surface area contributed by atoms with E-state index in [1.165, 1.54) is 25.7 Å². The van der Waals surface area contributed by atoms with Gasteiger partial charge in [-0.25, -0.2) is 0 Å². The van der Waals surface area contributed by atoms with Crippen molar-refractivity contribution in [3.63, 3.8) is 0 Å². The molecule has 0 N–H and O–H groups in total. The van der Waals surface area contributed by atoms with Gasteiger partial charge in [-0.2, -0.15) is 0 Å². The van der Waals surface area contributed by atoms with Crippen molar-refractivity contribution in [2.45, 2.75) is 52.5 Å². The second-order valence-corrected chi connectivity index (χ2v) is 4.12. The van der Waals surface area contributed by atoms with Crippen LogP contribution in [-0.4, -0.2) is 25.0 Å². The summed E-state index contributed by atoms with van der Waals surface area (Å²) in [5.74, 6) is 0.902. The molecule has 0 aliphatic carbocycles. The van der Waals surface area contributed by atoms with E-state index in [4.69, 9.17) is 0 Å². The van der Waals surface area contributed by atoms with Gasteiger partial charge in [0.2, 0.25) is 0 Å². The van der Waals surface area contributed by atoms with Gasteiger partial charge in [-0.15, -0.1) is 0 Å². The molecule has 0 saturated heterocycles. The Morgan fingerprint density at radius 1 is 1.00 bits per heavy atom. The normalized spacial score (nSPS) is 16.5. The summed E-state index contributed by atoms with van der Waals surface area (Å²) >= 11 is 0. The van der Waals surface area contributed by atoms with E-state index >= 15 is 0 Å². The lowest BCUT2D eigenvalue weighted by molar-refractivity contribution is 0.254. The average Bonchev–Trinajstić information content (AvgIpc) is 2.04. The van der Waals surface area contributed by atoms with Crippen LogP contribution >= 0.6 is 0 Å². The predicted octanol–water partition coefficient (Wildman–Crippen LogP) is 3.15. The zero-order chi connectivity index (χ0) is 9.56. The average molecular weight is 171 g/mol. The van der Waals surface area contributed by atoms with Crippen LogP contribution < -0.4 is 0 Å². The van der Waals surface area contributed by atoms with Crippen LogP contribution in [0.1, 0.15) is 46.5 Å². The minimum absolute atomic E-state index is 0.791. The van der Waals surface area contributed by atoms with Crippen LogP contribution in [0.3, 0.4) is 0 Å². The van der Waals surface area contributed by atoms with Gasteiger partial charge in [0, 0.05) is 6.04 Å². The van der Waals surface area contributed by atoms with Crippen LogP contribution in [0.2, 0.25) is 0 Å².